The third-order valence-electron chi connectivity index (χ3n) is 4.89. The number of benzene rings is 1. The first-order chi connectivity index (χ1) is 12.6. The monoisotopic (exact) mass is 375 g/mol. The maximum atomic E-state index is 12.7. The zero-order valence-corrected chi connectivity index (χ0v) is 15.8. The second kappa shape index (κ2) is 6.84. The Hall–Kier alpha value is -2.61. The van der Waals surface area contributed by atoms with Crippen molar-refractivity contribution in [2.24, 2.45) is 0 Å². The van der Waals surface area contributed by atoms with Crippen molar-refractivity contribution < 1.29 is 19.6 Å². The number of carbonyl (C=O) groups excluding carboxylic acids is 1. The molecule has 0 radical (unpaired) electrons. The summed E-state index contributed by atoms with van der Waals surface area (Å²) < 4.78 is 5.43. The number of amides is 1. The van der Waals surface area contributed by atoms with Gasteiger partial charge in [-0.1, -0.05) is 18.2 Å². The van der Waals surface area contributed by atoms with E-state index in [-0.39, 0.29) is 6.42 Å². The summed E-state index contributed by atoms with van der Waals surface area (Å²) in [6, 6.07) is 7.42. The Kier molecular flexibility index (Phi) is 4.86. The second-order valence-electron chi connectivity index (χ2n) is 7.97. The number of H-pyrrole nitrogens is 1. The number of rotatable bonds is 4. The van der Waals surface area contributed by atoms with E-state index in [0.29, 0.717) is 18.5 Å². The second-order valence-corrected chi connectivity index (χ2v) is 7.97. The lowest BCUT2D eigenvalue weighted by Gasteiger charge is -2.38. The minimum absolute atomic E-state index is 0.254. The molecule has 8 nitrogen and oxygen atoms in total. The third-order valence-corrected chi connectivity index (χ3v) is 4.89. The zero-order chi connectivity index (χ0) is 19.8. The van der Waals surface area contributed by atoms with Crippen LogP contribution in [0.1, 0.15) is 45.1 Å². The van der Waals surface area contributed by atoms with Crippen molar-refractivity contribution in [2.45, 2.75) is 50.9 Å². The van der Waals surface area contributed by atoms with Crippen molar-refractivity contribution >= 4 is 17.0 Å². The zero-order valence-electron chi connectivity index (χ0n) is 15.8. The Balaban J connectivity index is 2.03. The minimum Gasteiger partial charge on any atom is -0.444 e. The molecule has 146 valence electrons. The highest BCUT2D eigenvalue weighted by atomic mass is 16.6. The number of likely N-dealkylation sites (tertiary alicyclic amines) is 1. The molecule has 27 heavy (non-hydrogen) atoms. The van der Waals surface area contributed by atoms with Gasteiger partial charge in [-0.05, 0) is 45.2 Å². The third kappa shape index (κ3) is 3.75. The van der Waals surface area contributed by atoms with E-state index >= 15 is 0 Å². The van der Waals surface area contributed by atoms with Gasteiger partial charge in [-0.15, -0.1) is 0 Å². The number of aliphatic hydroxyl groups is 1. The van der Waals surface area contributed by atoms with Crippen molar-refractivity contribution in [3.05, 3.63) is 46.1 Å². The number of para-hydroxylation sites is 1. The van der Waals surface area contributed by atoms with E-state index in [1.54, 1.807) is 27.0 Å². The largest absolute Gasteiger partial charge is 0.444 e. The average Bonchev–Trinajstić information content (AvgIpc) is 3.15. The van der Waals surface area contributed by atoms with Crippen LogP contribution in [-0.4, -0.2) is 50.4 Å². The van der Waals surface area contributed by atoms with E-state index in [1.165, 1.54) is 4.90 Å². The standard InChI is InChI=1S/C19H25N3O5/c1-18(2,3)27-17(23)21-10-6-9-19(21,24)15(12-22(25)26)14-11-20-16-8-5-4-7-13(14)16/h4-5,7-8,11,15,20,24H,6,9-10,12H2,1-3H3. The predicted molar refractivity (Wildman–Crippen MR) is 100 cm³/mol. The molecule has 1 fully saturated rings. The Bertz CT molecular complexity index is 856. The van der Waals surface area contributed by atoms with Crippen molar-refractivity contribution in [3.63, 3.8) is 0 Å². The molecule has 1 saturated heterocycles. The average molecular weight is 375 g/mol. The van der Waals surface area contributed by atoms with E-state index in [0.717, 1.165) is 10.9 Å². The van der Waals surface area contributed by atoms with Gasteiger partial charge < -0.3 is 14.8 Å². The van der Waals surface area contributed by atoms with Crippen LogP contribution in [0.3, 0.4) is 0 Å². The highest BCUT2D eigenvalue weighted by Crippen LogP contribution is 2.42. The van der Waals surface area contributed by atoms with Crippen LogP contribution in [0.4, 0.5) is 4.79 Å². The highest BCUT2D eigenvalue weighted by molar-refractivity contribution is 5.84. The molecule has 0 bridgehead atoms. The van der Waals surface area contributed by atoms with Crippen molar-refractivity contribution in [2.75, 3.05) is 13.1 Å². The van der Waals surface area contributed by atoms with Crippen LogP contribution in [0.2, 0.25) is 0 Å². The van der Waals surface area contributed by atoms with Gasteiger partial charge in [0.1, 0.15) is 5.60 Å². The summed E-state index contributed by atoms with van der Waals surface area (Å²) in [6.07, 6.45) is 1.83. The van der Waals surface area contributed by atoms with Crippen LogP contribution in [-0.2, 0) is 4.74 Å². The quantitative estimate of drug-likeness (QED) is 0.630. The van der Waals surface area contributed by atoms with E-state index < -0.39 is 34.8 Å². The Morgan fingerprint density at radius 3 is 2.81 bits per heavy atom. The van der Waals surface area contributed by atoms with Crippen molar-refractivity contribution in [1.29, 1.82) is 0 Å². The lowest BCUT2D eigenvalue weighted by atomic mass is 9.86. The Morgan fingerprint density at radius 2 is 2.15 bits per heavy atom. The molecule has 2 aromatic rings. The first kappa shape index (κ1) is 19.2. The maximum absolute atomic E-state index is 12.7. The van der Waals surface area contributed by atoms with Crippen molar-refractivity contribution in [1.82, 2.24) is 9.88 Å². The fourth-order valence-electron chi connectivity index (χ4n) is 3.78. The van der Waals surface area contributed by atoms with Gasteiger partial charge >= 0.3 is 6.09 Å². The molecule has 1 amide bonds. The topological polar surface area (TPSA) is 109 Å². The molecule has 1 aliphatic rings. The highest BCUT2D eigenvalue weighted by Gasteiger charge is 2.52. The lowest BCUT2D eigenvalue weighted by molar-refractivity contribution is -0.488. The van der Waals surface area contributed by atoms with Crippen LogP contribution in [0.25, 0.3) is 10.9 Å². The van der Waals surface area contributed by atoms with Gasteiger partial charge in [-0.25, -0.2) is 4.79 Å². The molecular formula is C19H25N3O5. The smallest absolute Gasteiger partial charge is 0.412 e. The van der Waals surface area contributed by atoms with Gasteiger partial charge in [0.05, 0.1) is 5.92 Å². The first-order valence-corrected chi connectivity index (χ1v) is 9.02. The van der Waals surface area contributed by atoms with Gasteiger partial charge in [0.25, 0.3) is 0 Å². The van der Waals surface area contributed by atoms with Gasteiger partial charge in [0.15, 0.2) is 5.72 Å². The summed E-state index contributed by atoms with van der Waals surface area (Å²) in [5, 5.41) is 23.7. The number of aromatic amines is 1. The number of nitrogens with one attached hydrogen (secondary N) is 1. The summed E-state index contributed by atoms with van der Waals surface area (Å²) in [6.45, 7) is 5.04. The molecule has 2 unspecified atom stereocenters. The summed E-state index contributed by atoms with van der Waals surface area (Å²) in [7, 11) is 0. The molecule has 2 atom stereocenters. The Labute approximate surface area is 157 Å². The van der Waals surface area contributed by atoms with Gasteiger partial charge in [-0.3, -0.25) is 15.0 Å². The Morgan fingerprint density at radius 1 is 1.44 bits per heavy atom. The number of hydrogen-bond donors (Lipinski definition) is 2. The number of ether oxygens (including phenoxy) is 1. The summed E-state index contributed by atoms with van der Waals surface area (Å²) in [5.74, 6) is -0.876. The molecule has 0 spiro atoms. The molecule has 8 heteroatoms. The van der Waals surface area contributed by atoms with E-state index in [2.05, 4.69) is 4.98 Å². The molecule has 1 aliphatic heterocycles. The molecule has 2 N–H and O–H groups in total. The molecule has 0 saturated carbocycles. The molecule has 1 aromatic heterocycles. The number of aromatic nitrogens is 1. The lowest BCUT2D eigenvalue weighted by Crippen LogP contribution is -2.54. The molecule has 1 aromatic carbocycles. The first-order valence-electron chi connectivity index (χ1n) is 9.02. The summed E-state index contributed by atoms with van der Waals surface area (Å²) >= 11 is 0. The molecular weight excluding hydrogens is 350 g/mol. The molecule has 0 aliphatic carbocycles. The minimum atomic E-state index is -1.68. The van der Waals surface area contributed by atoms with Gasteiger partial charge in [-0.2, -0.15) is 0 Å². The predicted octanol–water partition coefficient (Wildman–Crippen LogP) is 3.25. The van der Waals surface area contributed by atoms with E-state index in [9.17, 15) is 20.0 Å². The van der Waals surface area contributed by atoms with Gasteiger partial charge in [0, 0.05) is 28.6 Å². The fourth-order valence-corrected chi connectivity index (χ4v) is 3.78. The summed E-state index contributed by atoms with van der Waals surface area (Å²) in [4.78, 5) is 28.0. The van der Waals surface area contributed by atoms with Crippen LogP contribution < -0.4 is 0 Å². The number of hydrogen-bond acceptors (Lipinski definition) is 5. The number of nitro groups is 1. The molecule has 3 rings (SSSR count). The van der Waals surface area contributed by atoms with Crippen molar-refractivity contribution in [3.8, 4) is 0 Å². The van der Waals surface area contributed by atoms with Crippen LogP contribution in [0.15, 0.2) is 30.5 Å². The SMILES string of the molecule is CC(C)(C)OC(=O)N1CCCC1(O)C(C[N+](=O)[O-])c1c[nH]c2ccccc12. The normalized spacial score (nSPS) is 21.4. The fraction of sp³-hybridized carbons (Fsp3) is 0.526. The van der Waals surface area contributed by atoms with Crippen LogP contribution in [0.5, 0.6) is 0 Å². The van der Waals surface area contributed by atoms with Gasteiger partial charge in [0.2, 0.25) is 6.54 Å². The van der Waals surface area contributed by atoms with Crippen LogP contribution >= 0.6 is 0 Å². The van der Waals surface area contributed by atoms with Crippen LogP contribution in [0, 0.1) is 10.1 Å². The number of carbonyl (C=O) groups is 1. The number of fused-ring (bicyclic) bond motifs is 1. The van der Waals surface area contributed by atoms with E-state index in [4.69, 9.17) is 4.74 Å². The summed E-state index contributed by atoms with van der Waals surface area (Å²) in [5.41, 5.74) is -0.952. The molecule has 2 heterocycles. The van der Waals surface area contributed by atoms with E-state index in [1.807, 2.05) is 24.3 Å². The maximum Gasteiger partial charge on any atom is 0.412 e. The number of nitrogens with zero attached hydrogens (tertiary/aromatic N) is 2.